The predicted octanol–water partition coefficient (Wildman–Crippen LogP) is 0.621. The molecule has 1 heterocycles. The van der Waals surface area contributed by atoms with Gasteiger partial charge in [0, 0.05) is 12.3 Å². The third kappa shape index (κ3) is 3.09. The summed E-state index contributed by atoms with van der Waals surface area (Å²) in [6, 6.07) is 3.74. The monoisotopic (exact) mass is 300 g/mol. The van der Waals surface area contributed by atoms with Gasteiger partial charge in [-0.05, 0) is 31.5 Å². The van der Waals surface area contributed by atoms with E-state index in [0.717, 1.165) is 12.5 Å². The highest BCUT2D eigenvalue weighted by molar-refractivity contribution is 7.89. The average molecular weight is 300 g/mol. The van der Waals surface area contributed by atoms with Crippen molar-refractivity contribution in [1.82, 2.24) is 0 Å². The van der Waals surface area contributed by atoms with E-state index in [4.69, 9.17) is 9.88 Å². The quantitative estimate of drug-likeness (QED) is 0.750. The number of aromatic carboxylic acids is 1. The van der Waals surface area contributed by atoms with Crippen LogP contribution in [-0.2, 0) is 14.8 Å². The molecule has 110 valence electrons. The van der Waals surface area contributed by atoms with E-state index in [-0.39, 0.29) is 22.6 Å². The first-order valence-corrected chi connectivity index (χ1v) is 7.62. The number of sulfonamides is 1. The van der Waals surface area contributed by atoms with Gasteiger partial charge in [-0.15, -0.1) is 0 Å². The van der Waals surface area contributed by atoms with Gasteiger partial charge in [0.2, 0.25) is 10.0 Å². The van der Waals surface area contributed by atoms with Crippen molar-refractivity contribution in [3.8, 4) is 0 Å². The molecular formula is C12H16N2O5S. The summed E-state index contributed by atoms with van der Waals surface area (Å²) in [5.74, 6) is -1.22. The van der Waals surface area contributed by atoms with Gasteiger partial charge >= 0.3 is 5.97 Å². The van der Waals surface area contributed by atoms with Crippen LogP contribution in [0.25, 0.3) is 0 Å². The first kappa shape index (κ1) is 14.8. The first-order chi connectivity index (χ1) is 9.29. The Balaban J connectivity index is 2.35. The summed E-state index contributed by atoms with van der Waals surface area (Å²) < 4.78 is 27.9. The first-order valence-electron chi connectivity index (χ1n) is 6.07. The second-order valence-electron chi connectivity index (χ2n) is 4.67. The molecule has 2 atom stereocenters. The van der Waals surface area contributed by atoms with Crippen LogP contribution in [0.5, 0.6) is 0 Å². The van der Waals surface area contributed by atoms with Crippen molar-refractivity contribution < 1.29 is 23.1 Å². The Bertz CT molecular complexity index is 629. The SMILES string of the molecule is CC1OCCC1Nc1ccc(S(N)(=O)=O)cc1C(=O)O. The standard InChI is InChI=1S/C12H16N2O5S/c1-7-10(4-5-19-7)14-11-3-2-8(20(13,17)18)6-9(11)12(15)16/h2-3,6-7,10,14H,4-5H2,1H3,(H,15,16)(H2,13,17,18). The minimum Gasteiger partial charge on any atom is -0.478 e. The lowest BCUT2D eigenvalue weighted by Gasteiger charge is -2.19. The van der Waals surface area contributed by atoms with Gasteiger partial charge < -0.3 is 15.2 Å². The van der Waals surface area contributed by atoms with E-state index in [1.807, 2.05) is 6.92 Å². The van der Waals surface area contributed by atoms with Gasteiger partial charge in [-0.1, -0.05) is 0 Å². The summed E-state index contributed by atoms with van der Waals surface area (Å²) in [5.41, 5.74) is 0.225. The third-order valence-electron chi connectivity index (χ3n) is 3.27. The van der Waals surface area contributed by atoms with E-state index in [1.165, 1.54) is 12.1 Å². The van der Waals surface area contributed by atoms with Crippen molar-refractivity contribution >= 4 is 21.7 Å². The van der Waals surface area contributed by atoms with Crippen molar-refractivity contribution in [3.63, 3.8) is 0 Å². The number of nitrogens with one attached hydrogen (secondary N) is 1. The summed E-state index contributed by atoms with van der Waals surface area (Å²) in [7, 11) is -3.93. The molecule has 1 aromatic carbocycles. The third-order valence-corrected chi connectivity index (χ3v) is 4.18. The van der Waals surface area contributed by atoms with Crippen LogP contribution < -0.4 is 10.5 Å². The molecule has 0 saturated carbocycles. The van der Waals surface area contributed by atoms with E-state index < -0.39 is 16.0 Å². The van der Waals surface area contributed by atoms with Gasteiger partial charge in [0.15, 0.2) is 0 Å². The van der Waals surface area contributed by atoms with E-state index in [2.05, 4.69) is 5.32 Å². The maximum Gasteiger partial charge on any atom is 0.337 e. The number of carboxylic acids is 1. The Labute approximate surface area is 116 Å². The van der Waals surface area contributed by atoms with Crippen molar-refractivity contribution in [1.29, 1.82) is 0 Å². The largest absolute Gasteiger partial charge is 0.478 e. The molecule has 7 nitrogen and oxygen atoms in total. The molecule has 2 rings (SSSR count). The normalized spacial score (nSPS) is 22.7. The molecule has 0 bridgehead atoms. The number of primary sulfonamides is 1. The number of hydrogen-bond donors (Lipinski definition) is 3. The van der Waals surface area contributed by atoms with E-state index in [9.17, 15) is 18.3 Å². The summed E-state index contributed by atoms with van der Waals surface area (Å²) in [6.45, 7) is 2.50. The number of benzene rings is 1. The highest BCUT2D eigenvalue weighted by Crippen LogP contribution is 2.24. The van der Waals surface area contributed by atoms with Crippen LogP contribution >= 0.6 is 0 Å². The van der Waals surface area contributed by atoms with Gasteiger partial charge in [0.05, 0.1) is 22.6 Å². The van der Waals surface area contributed by atoms with Crippen LogP contribution in [-0.4, -0.2) is 38.2 Å². The number of carboxylic acid groups (broad SMARTS) is 1. The maximum atomic E-state index is 11.3. The molecule has 1 saturated heterocycles. The molecular weight excluding hydrogens is 284 g/mol. The minimum atomic E-state index is -3.93. The van der Waals surface area contributed by atoms with Crippen LogP contribution in [0.2, 0.25) is 0 Å². The van der Waals surface area contributed by atoms with Gasteiger partial charge in [0.25, 0.3) is 0 Å². The average Bonchev–Trinajstić information content (AvgIpc) is 2.74. The fourth-order valence-electron chi connectivity index (χ4n) is 2.12. The van der Waals surface area contributed by atoms with Gasteiger partial charge in [-0.2, -0.15) is 0 Å². The predicted molar refractivity (Wildman–Crippen MR) is 72.2 cm³/mol. The fourth-order valence-corrected chi connectivity index (χ4v) is 2.66. The molecule has 0 amide bonds. The molecule has 1 aliphatic rings. The second-order valence-corrected chi connectivity index (χ2v) is 6.23. The molecule has 1 fully saturated rings. The molecule has 0 aliphatic carbocycles. The lowest BCUT2D eigenvalue weighted by molar-refractivity contribution is 0.0697. The van der Waals surface area contributed by atoms with Crippen molar-refractivity contribution in [2.24, 2.45) is 5.14 Å². The van der Waals surface area contributed by atoms with Crippen molar-refractivity contribution in [2.45, 2.75) is 30.4 Å². The highest BCUT2D eigenvalue weighted by atomic mass is 32.2. The molecule has 20 heavy (non-hydrogen) atoms. The highest BCUT2D eigenvalue weighted by Gasteiger charge is 2.26. The van der Waals surface area contributed by atoms with Crippen LogP contribution in [0.3, 0.4) is 0 Å². The number of rotatable bonds is 4. The summed E-state index contributed by atoms with van der Waals surface area (Å²) >= 11 is 0. The Morgan fingerprint density at radius 3 is 2.70 bits per heavy atom. The zero-order valence-electron chi connectivity index (χ0n) is 10.9. The van der Waals surface area contributed by atoms with Gasteiger partial charge in [-0.25, -0.2) is 18.4 Å². The van der Waals surface area contributed by atoms with Crippen molar-refractivity contribution in [3.05, 3.63) is 23.8 Å². The molecule has 8 heteroatoms. The van der Waals surface area contributed by atoms with Crippen LogP contribution in [0, 0.1) is 0 Å². The summed E-state index contributed by atoms with van der Waals surface area (Å²) in [5, 5.41) is 17.3. The molecule has 1 aliphatic heterocycles. The lowest BCUT2D eigenvalue weighted by Crippen LogP contribution is -2.27. The number of carbonyl (C=O) groups is 1. The number of anilines is 1. The topological polar surface area (TPSA) is 119 Å². The minimum absolute atomic E-state index is 0.00608. The smallest absolute Gasteiger partial charge is 0.337 e. The summed E-state index contributed by atoms with van der Waals surface area (Å²) in [4.78, 5) is 11.0. The summed E-state index contributed by atoms with van der Waals surface area (Å²) in [6.07, 6.45) is 0.728. The maximum absolute atomic E-state index is 11.3. The lowest BCUT2D eigenvalue weighted by atomic mass is 10.1. The van der Waals surface area contributed by atoms with E-state index in [1.54, 1.807) is 0 Å². The fraction of sp³-hybridized carbons (Fsp3) is 0.417. The number of ether oxygens (including phenoxy) is 1. The molecule has 1 aromatic rings. The zero-order chi connectivity index (χ0) is 14.9. The Morgan fingerprint density at radius 1 is 1.50 bits per heavy atom. The van der Waals surface area contributed by atoms with Crippen molar-refractivity contribution in [2.75, 3.05) is 11.9 Å². The Hall–Kier alpha value is -1.64. The number of nitrogens with two attached hydrogens (primary N) is 1. The molecule has 0 radical (unpaired) electrons. The van der Waals surface area contributed by atoms with Gasteiger partial charge in [0.1, 0.15) is 0 Å². The molecule has 2 unspecified atom stereocenters. The molecule has 0 spiro atoms. The van der Waals surface area contributed by atoms with Gasteiger partial charge in [-0.3, -0.25) is 0 Å². The Morgan fingerprint density at radius 2 is 2.20 bits per heavy atom. The zero-order valence-corrected chi connectivity index (χ0v) is 11.7. The molecule has 4 N–H and O–H groups in total. The Kier molecular flexibility index (Phi) is 3.98. The van der Waals surface area contributed by atoms with Crippen LogP contribution in [0.15, 0.2) is 23.1 Å². The van der Waals surface area contributed by atoms with E-state index >= 15 is 0 Å². The van der Waals surface area contributed by atoms with E-state index in [0.29, 0.717) is 12.3 Å². The number of hydrogen-bond acceptors (Lipinski definition) is 5. The van der Waals surface area contributed by atoms with Crippen LogP contribution in [0.4, 0.5) is 5.69 Å². The second kappa shape index (κ2) is 5.39. The molecule has 0 aromatic heterocycles. The van der Waals surface area contributed by atoms with Crippen LogP contribution in [0.1, 0.15) is 23.7 Å².